The number of nitrogens with zero attached hydrogens (tertiary/aromatic N) is 1. The predicted molar refractivity (Wildman–Crippen MR) is 62.8 cm³/mol. The maximum atomic E-state index is 5.08. The second-order valence-electron chi connectivity index (χ2n) is 3.79. The Morgan fingerprint density at radius 1 is 1.47 bits per heavy atom. The van der Waals surface area contributed by atoms with E-state index >= 15 is 0 Å². The molecule has 0 saturated heterocycles. The van der Waals surface area contributed by atoms with E-state index < -0.39 is 0 Å². The van der Waals surface area contributed by atoms with Crippen molar-refractivity contribution < 1.29 is 4.74 Å². The standard InChI is InChI=1S/C12H22N2O/c1-4-7-13-12(5-2)11-6-8-14(9-11)10-15-3/h6,8-9,12-13H,4-5,7,10H2,1-3H3. The molecule has 15 heavy (non-hydrogen) atoms. The van der Waals surface area contributed by atoms with Gasteiger partial charge in [0.2, 0.25) is 0 Å². The first kappa shape index (κ1) is 12.3. The average Bonchev–Trinajstić information content (AvgIpc) is 2.68. The zero-order chi connectivity index (χ0) is 11.1. The van der Waals surface area contributed by atoms with Crippen LogP contribution in [-0.2, 0) is 11.5 Å². The van der Waals surface area contributed by atoms with Crippen molar-refractivity contribution in [2.45, 2.75) is 39.5 Å². The Labute approximate surface area is 92.4 Å². The molecule has 1 heterocycles. The van der Waals surface area contributed by atoms with Gasteiger partial charge in [-0.2, -0.15) is 0 Å². The molecule has 0 spiro atoms. The maximum Gasteiger partial charge on any atom is 0.121 e. The predicted octanol–water partition coefficient (Wildman–Crippen LogP) is 2.54. The lowest BCUT2D eigenvalue weighted by atomic mass is 10.1. The van der Waals surface area contributed by atoms with Gasteiger partial charge in [0, 0.05) is 25.5 Å². The Hall–Kier alpha value is -0.800. The second-order valence-corrected chi connectivity index (χ2v) is 3.79. The van der Waals surface area contributed by atoms with E-state index in [9.17, 15) is 0 Å². The van der Waals surface area contributed by atoms with Crippen molar-refractivity contribution in [3.63, 3.8) is 0 Å². The van der Waals surface area contributed by atoms with E-state index in [1.807, 2.05) is 0 Å². The maximum absolute atomic E-state index is 5.08. The molecule has 0 radical (unpaired) electrons. The highest BCUT2D eigenvalue weighted by Gasteiger charge is 2.08. The lowest BCUT2D eigenvalue weighted by molar-refractivity contribution is 0.131. The van der Waals surface area contributed by atoms with Crippen molar-refractivity contribution >= 4 is 0 Å². The minimum Gasteiger partial charge on any atom is -0.364 e. The molecule has 0 aromatic carbocycles. The summed E-state index contributed by atoms with van der Waals surface area (Å²) in [6.45, 7) is 6.11. The Balaban J connectivity index is 2.57. The number of aromatic nitrogens is 1. The molecule has 1 N–H and O–H groups in total. The number of ether oxygens (including phenoxy) is 1. The van der Waals surface area contributed by atoms with Crippen molar-refractivity contribution in [2.24, 2.45) is 0 Å². The monoisotopic (exact) mass is 210 g/mol. The van der Waals surface area contributed by atoms with Gasteiger partial charge in [0.1, 0.15) is 6.73 Å². The van der Waals surface area contributed by atoms with Crippen molar-refractivity contribution in [1.29, 1.82) is 0 Å². The van der Waals surface area contributed by atoms with Gasteiger partial charge in [0.05, 0.1) is 0 Å². The zero-order valence-corrected chi connectivity index (χ0v) is 9.99. The van der Waals surface area contributed by atoms with Crippen LogP contribution in [-0.4, -0.2) is 18.2 Å². The Kier molecular flexibility index (Phi) is 5.43. The number of nitrogens with one attached hydrogen (secondary N) is 1. The first-order valence-corrected chi connectivity index (χ1v) is 5.69. The molecular weight excluding hydrogens is 188 g/mol. The highest BCUT2D eigenvalue weighted by atomic mass is 16.5. The van der Waals surface area contributed by atoms with E-state index in [0.29, 0.717) is 12.8 Å². The second kappa shape index (κ2) is 6.64. The molecule has 0 amide bonds. The van der Waals surface area contributed by atoms with Gasteiger partial charge in [0.15, 0.2) is 0 Å². The van der Waals surface area contributed by atoms with Crippen LogP contribution in [0.4, 0.5) is 0 Å². The summed E-state index contributed by atoms with van der Waals surface area (Å²) in [7, 11) is 1.71. The Bertz CT molecular complexity index is 270. The van der Waals surface area contributed by atoms with Crippen LogP contribution in [0.5, 0.6) is 0 Å². The topological polar surface area (TPSA) is 26.2 Å². The minimum atomic E-state index is 0.475. The van der Waals surface area contributed by atoms with E-state index in [1.165, 1.54) is 12.0 Å². The summed E-state index contributed by atoms with van der Waals surface area (Å²) >= 11 is 0. The first-order valence-electron chi connectivity index (χ1n) is 5.69. The van der Waals surface area contributed by atoms with Crippen molar-refractivity contribution in [3.8, 4) is 0 Å². The summed E-state index contributed by atoms with van der Waals surface area (Å²) in [5, 5.41) is 3.54. The third-order valence-electron chi connectivity index (χ3n) is 2.50. The fourth-order valence-electron chi connectivity index (χ4n) is 1.71. The van der Waals surface area contributed by atoms with E-state index in [4.69, 9.17) is 4.74 Å². The molecule has 0 aliphatic rings. The molecule has 0 fully saturated rings. The normalized spacial score (nSPS) is 13.0. The SMILES string of the molecule is CCCNC(CC)c1ccn(COC)c1. The van der Waals surface area contributed by atoms with Gasteiger partial charge in [-0.05, 0) is 31.0 Å². The van der Waals surface area contributed by atoms with E-state index in [2.05, 4.69) is 42.2 Å². The van der Waals surface area contributed by atoms with Gasteiger partial charge in [0.25, 0.3) is 0 Å². The third-order valence-corrected chi connectivity index (χ3v) is 2.50. The Morgan fingerprint density at radius 3 is 2.87 bits per heavy atom. The van der Waals surface area contributed by atoms with Crippen LogP contribution >= 0.6 is 0 Å². The van der Waals surface area contributed by atoms with Crippen LogP contribution in [0.1, 0.15) is 38.3 Å². The average molecular weight is 210 g/mol. The minimum absolute atomic E-state index is 0.475. The number of hydrogen-bond acceptors (Lipinski definition) is 2. The fraction of sp³-hybridized carbons (Fsp3) is 0.667. The third kappa shape index (κ3) is 3.68. The molecule has 1 rings (SSSR count). The molecule has 1 atom stereocenters. The van der Waals surface area contributed by atoms with Crippen LogP contribution in [0, 0.1) is 0 Å². The molecule has 0 saturated carbocycles. The molecule has 1 aromatic rings. The molecular formula is C12H22N2O. The van der Waals surface area contributed by atoms with Crippen LogP contribution in [0.2, 0.25) is 0 Å². The summed E-state index contributed by atoms with van der Waals surface area (Å²) in [5.74, 6) is 0. The van der Waals surface area contributed by atoms with Crippen molar-refractivity contribution in [2.75, 3.05) is 13.7 Å². The molecule has 3 heteroatoms. The highest BCUT2D eigenvalue weighted by Crippen LogP contribution is 2.16. The van der Waals surface area contributed by atoms with Gasteiger partial charge < -0.3 is 14.6 Å². The molecule has 1 aromatic heterocycles. The van der Waals surface area contributed by atoms with E-state index in [0.717, 1.165) is 13.0 Å². The van der Waals surface area contributed by atoms with Crippen LogP contribution in [0.3, 0.4) is 0 Å². The first-order chi connectivity index (χ1) is 7.31. The number of hydrogen-bond donors (Lipinski definition) is 1. The zero-order valence-electron chi connectivity index (χ0n) is 9.99. The van der Waals surface area contributed by atoms with Gasteiger partial charge in [-0.3, -0.25) is 0 Å². The molecule has 0 aliphatic carbocycles. The molecule has 1 unspecified atom stereocenters. The van der Waals surface area contributed by atoms with E-state index in [-0.39, 0.29) is 0 Å². The van der Waals surface area contributed by atoms with Gasteiger partial charge in [-0.15, -0.1) is 0 Å². The van der Waals surface area contributed by atoms with Gasteiger partial charge in [-0.25, -0.2) is 0 Å². The highest BCUT2D eigenvalue weighted by molar-refractivity contribution is 5.15. The molecule has 0 aliphatic heterocycles. The molecule has 3 nitrogen and oxygen atoms in total. The molecule has 86 valence electrons. The fourth-order valence-corrected chi connectivity index (χ4v) is 1.71. The summed E-state index contributed by atoms with van der Waals surface area (Å²) in [4.78, 5) is 0. The summed E-state index contributed by atoms with van der Waals surface area (Å²) in [6.07, 6.45) is 6.52. The summed E-state index contributed by atoms with van der Waals surface area (Å²) in [5.41, 5.74) is 1.35. The number of rotatable bonds is 7. The number of methoxy groups -OCH3 is 1. The largest absolute Gasteiger partial charge is 0.364 e. The van der Waals surface area contributed by atoms with E-state index in [1.54, 1.807) is 7.11 Å². The quantitative estimate of drug-likeness (QED) is 0.748. The van der Waals surface area contributed by atoms with Crippen LogP contribution < -0.4 is 5.32 Å². The summed E-state index contributed by atoms with van der Waals surface area (Å²) < 4.78 is 7.14. The van der Waals surface area contributed by atoms with Gasteiger partial charge >= 0.3 is 0 Å². The van der Waals surface area contributed by atoms with Crippen LogP contribution in [0.25, 0.3) is 0 Å². The van der Waals surface area contributed by atoms with Crippen LogP contribution in [0.15, 0.2) is 18.5 Å². The molecule has 0 bridgehead atoms. The lowest BCUT2D eigenvalue weighted by Gasteiger charge is -2.14. The summed E-state index contributed by atoms with van der Waals surface area (Å²) in [6, 6.07) is 2.64. The smallest absolute Gasteiger partial charge is 0.121 e. The van der Waals surface area contributed by atoms with Crippen molar-refractivity contribution in [3.05, 3.63) is 24.0 Å². The van der Waals surface area contributed by atoms with Crippen molar-refractivity contribution in [1.82, 2.24) is 9.88 Å². The van der Waals surface area contributed by atoms with Gasteiger partial charge in [-0.1, -0.05) is 13.8 Å². The lowest BCUT2D eigenvalue weighted by Crippen LogP contribution is -2.21. The Morgan fingerprint density at radius 2 is 2.27 bits per heavy atom.